The average Bonchev–Trinajstić information content (AvgIpc) is 3.36. The lowest BCUT2D eigenvalue weighted by atomic mass is 10.2. The van der Waals surface area contributed by atoms with E-state index in [0.717, 1.165) is 22.6 Å². The SMILES string of the molecule is Cc1nn(-c2ccc(F)cc2)c(C)c1/C=C/C(=O)OCc1nnc(-c2ccc(Cl)cc2)o1. The van der Waals surface area contributed by atoms with Crippen LogP contribution in [-0.4, -0.2) is 25.9 Å². The van der Waals surface area contributed by atoms with Crippen molar-refractivity contribution in [1.29, 1.82) is 0 Å². The van der Waals surface area contributed by atoms with Gasteiger partial charge in [0.05, 0.1) is 11.4 Å². The van der Waals surface area contributed by atoms with Crippen molar-refractivity contribution in [2.24, 2.45) is 0 Å². The zero-order valence-corrected chi connectivity index (χ0v) is 18.0. The second kappa shape index (κ2) is 9.15. The molecule has 0 radical (unpaired) electrons. The Morgan fingerprint density at radius 2 is 1.84 bits per heavy atom. The minimum absolute atomic E-state index is 0.156. The summed E-state index contributed by atoms with van der Waals surface area (Å²) in [7, 11) is 0. The summed E-state index contributed by atoms with van der Waals surface area (Å²) in [5.74, 6) is -0.403. The van der Waals surface area contributed by atoms with Crippen molar-refractivity contribution in [2.45, 2.75) is 20.5 Å². The maximum atomic E-state index is 13.2. The third-order valence-corrected chi connectivity index (χ3v) is 4.95. The molecule has 4 rings (SSSR count). The highest BCUT2D eigenvalue weighted by Gasteiger charge is 2.13. The fourth-order valence-electron chi connectivity index (χ4n) is 3.08. The van der Waals surface area contributed by atoms with E-state index in [9.17, 15) is 9.18 Å². The van der Waals surface area contributed by atoms with Crippen LogP contribution in [0.25, 0.3) is 23.2 Å². The van der Waals surface area contributed by atoms with Crippen molar-refractivity contribution in [3.63, 3.8) is 0 Å². The third kappa shape index (κ3) is 4.76. The number of esters is 1. The van der Waals surface area contributed by atoms with Crippen LogP contribution in [0, 0.1) is 19.7 Å². The van der Waals surface area contributed by atoms with Crippen LogP contribution in [0.15, 0.2) is 59.0 Å². The van der Waals surface area contributed by atoms with E-state index in [4.69, 9.17) is 20.8 Å². The maximum Gasteiger partial charge on any atom is 0.331 e. The predicted octanol–water partition coefficient (Wildman–Crippen LogP) is 5.09. The van der Waals surface area contributed by atoms with Gasteiger partial charge in [0.25, 0.3) is 5.89 Å². The van der Waals surface area contributed by atoms with Crippen molar-refractivity contribution in [1.82, 2.24) is 20.0 Å². The van der Waals surface area contributed by atoms with E-state index in [2.05, 4.69) is 15.3 Å². The van der Waals surface area contributed by atoms with Crippen molar-refractivity contribution >= 4 is 23.6 Å². The quantitative estimate of drug-likeness (QED) is 0.299. The molecular weight excluding hydrogens is 435 g/mol. The first-order chi connectivity index (χ1) is 15.4. The number of carbonyl (C=O) groups excluding carboxylic acids is 1. The highest BCUT2D eigenvalue weighted by molar-refractivity contribution is 6.30. The van der Waals surface area contributed by atoms with Gasteiger partial charge in [0, 0.05) is 27.9 Å². The van der Waals surface area contributed by atoms with E-state index in [1.165, 1.54) is 18.2 Å². The van der Waals surface area contributed by atoms with E-state index in [-0.39, 0.29) is 18.3 Å². The summed E-state index contributed by atoms with van der Waals surface area (Å²) in [6, 6.07) is 13.0. The highest BCUT2D eigenvalue weighted by atomic mass is 35.5. The molecule has 7 nitrogen and oxygen atoms in total. The number of rotatable bonds is 6. The number of benzene rings is 2. The van der Waals surface area contributed by atoms with E-state index in [1.54, 1.807) is 47.2 Å². The molecule has 32 heavy (non-hydrogen) atoms. The molecule has 2 heterocycles. The maximum absolute atomic E-state index is 13.2. The number of ether oxygens (including phenoxy) is 1. The minimum Gasteiger partial charge on any atom is -0.452 e. The lowest BCUT2D eigenvalue weighted by Crippen LogP contribution is -2.01. The number of aryl methyl sites for hydroxylation is 1. The number of aromatic nitrogens is 4. The van der Waals surface area contributed by atoms with Crippen LogP contribution in [-0.2, 0) is 16.1 Å². The smallest absolute Gasteiger partial charge is 0.331 e. The second-order valence-electron chi connectivity index (χ2n) is 6.92. The van der Waals surface area contributed by atoms with E-state index >= 15 is 0 Å². The minimum atomic E-state index is -0.565. The Morgan fingerprint density at radius 3 is 2.56 bits per heavy atom. The zero-order chi connectivity index (χ0) is 22.7. The molecule has 0 N–H and O–H groups in total. The van der Waals surface area contributed by atoms with Crippen LogP contribution in [0.5, 0.6) is 0 Å². The lowest BCUT2D eigenvalue weighted by Gasteiger charge is -2.04. The van der Waals surface area contributed by atoms with Gasteiger partial charge in [-0.2, -0.15) is 5.10 Å². The molecule has 0 unspecified atom stereocenters. The molecule has 0 saturated carbocycles. The molecule has 0 aliphatic rings. The first-order valence-corrected chi connectivity index (χ1v) is 10.0. The van der Waals surface area contributed by atoms with Crippen molar-refractivity contribution < 1.29 is 18.3 Å². The fraction of sp³-hybridized carbons (Fsp3) is 0.130. The predicted molar refractivity (Wildman–Crippen MR) is 117 cm³/mol. The Balaban J connectivity index is 1.40. The molecule has 0 aliphatic carbocycles. The molecule has 0 atom stereocenters. The molecule has 0 saturated heterocycles. The van der Waals surface area contributed by atoms with Crippen molar-refractivity contribution in [2.75, 3.05) is 0 Å². The van der Waals surface area contributed by atoms with Crippen LogP contribution < -0.4 is 0 Å². The number of hydrogen-bond acceptors (Lipinski definition) is 6. The second-order valence-corrected chi connectivity index (χ2v) is 7.36. The van der Waals surface area contributed by atoms with Gasteiger partial charge < -0.3 is 9.15 Å². The summed E-state index contributed by atoms with van der Waals surface area (Å²) in [6.07, 6.45) is 2.94. The molecule has 2 aromatic heterocycles. The zero-order valence-electron chi connectivity index (χ0n) is 17.3. The van der Waals surface area contributed by atoms with Gasteiger partial charge >= 0.3 is 5.97 Å². The summed E-state index contributed by atoms with van der Waals surface area (Å²) >= 11 is 5.87. The normalized spacial score (nSPS) is 11.2. The van der Waals surface area contributed by atoms with Gasteiger partial charge in [-0.05, 0) is 68.5 Å². The summed E-state index contributed by atoms with van der Waals surface area (Å²) < 4.78 is 25.6. The van der Waals surface area contributed by atoms with Gasteiger partial charge in [0.2, 0.25) is 5.89 Å². The molecule has 0 amide bonds. The Labute approximate surface area is 188 Å². The molecule has 4 aromatic rings. The van der Waals surface area contributed by atoms with Gasteiger partial charge in [-0.1, -0.05) is 11.6 Å². The molecule has 9 heteroatoms. The molecule has 2 aromatic carbocycles. The molecule has 0 aliphatic heterocycles. The van der Waals surface area contributed by atoms with Crippen LogP contribution in [0.1, 0.15) is 22.8 Å². The molecule has 162 valence electrons. The number of nitrogens with zero attached hydrogens (tertiary/aromatic N) is 4. The highest BCUT2D eigenvalue weighted by Crippen LogP contribution is 2.21. The van der Waals surface area contributed by atoms with Crippen molar-refractivity contribution in [3.8, 4) is 17.1 Å². The molecule has 0 fully saturated rings. The summed E-state index contributed by atoms with van der Waals surface area (Å²) in [4.78, 5) is 12.2. The van der Waals surface area contributed by atoms with Gasteiger partial charge in [0.15, 0.2) is 6.61 Å². The number of carbonyl (C=O) groups is 1. The summed E-state index contributed by atoms with van der Waals surface area (Å²) in [5, 5.41) is 12.9. The van der Waals surface area contributed by atoms with E-state index < -0.39 is 5.97 Å². The summed E-state index contributed by atoms with van der Waals surface area (Å²) in [5.41, 5.74) is 3.74. The Kier molecular flexibility index (Phi) is 6.13. The van der Waals surface area contributed by atoms with Crippen LogP contribution >= 0.6 is 11.6 Å². The number of halogens is 2. The van der Waals surface area contributed by atoms with Crippen LogP contribution in [0.3, 0.4) is 0 Å². The summed E-state index contributed by atoms with van der Waals surface area (Å²) in [6.45, 7) is 3.54. The fourth-order valence-corrected chi connectivity index (χ4v) is 3.21. The lowest BCUT2D eigenvalue weighted by molar-refractivity contribution is -0.139. The van der Waals surface area contributed by atoms with E-state index in [1.807, 2.05) is 13.8 Å². The van der Waals surface area contributed by atoms with Crippen molar-refractivity contribution in [3.05, 3.63) is 88.3 Å². The topological polar surface area (TPSA) is 83.0 Å². The van der Waals surface area contributed by atoms with Gasteiger partial charge in [0.1, 0.15) is 5.82 Å². The molecular formula is C23H18ClFN4O3. The van der Waals surface area contributed by atoms with Gasteiger partial charge in [-0.15, -0.1) is 10.2 Å². The standard InChI is InChI=1S/C23H18ClFN4O3/c1-14-20(15(2)29(28-14)19-9-7-18(25)8-10-19)11-12-22(30)31-13-21-26-27-23(32-21)16-3-5-17(24)6-4-16/h3-12H,13H2,1-2H3/b12-11+. The van der Waals surface area contributed by atoms with E-state index in [0.29, 0.717) is 16.5 Å². The first-order valence-electron chi connectivity index (χ1n) is 9.66. The number of hydrogen-bond donors (Lipinski definition) is 0. The van der Waals surface area contributed by atoms with Crippen LogP contribution in [0.4, 0.5) is 4.39 Å². The first kappa shape index (κ1) is 21.5. The molecule has 0 bridgehead atoms. The monoisotopic (exact) mass is 452 g/mol. The van der Waals surface area contributed by atoms with Gasteiger partial charge in [-0.3, -0.25) is 0 Å². The molecule has 0 spiro atoms. The van der Waals surface area contributed by atoms with Crippen LogP contribution in [0.2, 0.25) is 5.02 Å². The third-order valence-electron chi connectivity index (χ3n) is 4.70. The largest absolute Gasteiger partial charge is 0.452 e. The average molecular weight is 453 g/mol. The Morgan fingerprint density at radius 1 is 1.12 bits per heavy atom. The Hall–Kier alpha value is -3.78. The van der Waals surface area contributed by atoms with Gasteiger partial charge in [-0.25, -0.2) is 13.9 Å². The Bertz CT molecular complexity index is 1280.